The Bertz CT molecular complexity index is 3080. The van der Waals surface area contributed by atoms with Gasteiger partial charge in [-0.3, -0.25) is 0 Å². The van der Waals surface area contributed by atoms with Crippen molar-refractivity contribution in [1.29, 1.82) is 0 Å². The van der Waals surface area contributed by atoms with Gasteiger partial charge in [-0.1, -0.05) is 161 Å². The van der Waals surface area contributed by atoms with Crippen molar-refractivity contribution in [2.45, 2.75) is 130 Å². The van der Waals surface area contributed by atoms with Crippen LogP contribution in [0.15, 0.2) is 188 Å². The summed E-state index contributed by atoms with van der Waals surface area (Å²) in [6, 6.07) is 67.2. The molecular formula is C70H75BO6. The summed E-state index contributed by atoms with van der Waals surface area (Å²) in [6.07, 6.45) is 5.69. The van der Waals surface area contributed by atoms with E-state index >= 15 is 0 Å². The Hall–Kier alpha value is -6.74. The number of rotatable bonds is 13. The Morgan fingerprint density at radius 3 is 1.19 bits per heavy atom. The molecule has 3 aliphatic rings. The van der Waals surface area contributed by atoms with Crippen LogP contribution in [-0.2, 0) is 18.8 Å². The van der Waals surface area contributed by atoms with Crippen molar-refractivity contribution >= 4 is 12.6 Å². The Balaban J connectivity index is 0.000000179. The van der Waals surface area contributed by atoms with Gasteiger partial charge in [0, 0.05) is 29.4 Å². The third-order valence-corrected chi connectivity index (χ3v) is 15.7. The first-order chi connectivity index (χ1) is 37.3. The van der Waals surface area contributed by atoms with Crippen LogP contribution in [0.2, 0.25) is 0 Å². The predicted molar refractivity (Wildman–Crippen MR) is 318 cm³/mol. The topological polar surface area (TPSA) is 55.4 Å². The summed E-state index contributed by atoms with van der Waals surface area (Å²) < 4.78 is 38.7. The van der Waals surface area contributed by atoms with Crippen LogP contribution in [0.4, 0.5) is 0 Å². The van der Waals surface area contributed by atoms with Crippen molar-refractivity contribution in [1.82, 2.24) is 0 Å². The molecule has 7 heteroatoms. The first kappa shape index (κ1) is 53.7. The Morgan fingerprint density at radius 2 is 0.792 bits per heavy atom. The first-order valence-electron chi connectivity index (χ1n) is 28.0. The minimum atomic E-state index is -0.563. The normalized spacial score (nSPS) is 17.9. The predicted octanol–water partition coefficient (Wildman–Crippen LogP) is 17.7. The van der Waals surface area contributed by atoms with Crippen LogP contribution in [0.3, 0.4) is 0 Å². The van der Waals surface area contributed by atoms with Gasteiger partial charge < -0.3 is 28.3 Å². The van der Waals surface area contributed by atoms with Crippen molar-refractivity contribution in [2.75, 3.05) is 13.2 Å². The van der Waals surface area contributed by atoms with Crippen LogP contribution < -0.4 is 14.9 Å². The van der Waals surface area contributed by atoms with Gasteiger partial charge in [-0.2, -0.15) is 0 Å². The maximum Gasteiger partial charge on any atom is 0.498 e. The molecule has 6 nitrogen and oxygen atoms in total. The average molecular weight is 1020 g/mol. The molecule has 3 heterocycles. The van der Waals surface area contributed by atoms with Gasteiger partial charge in [-0.05, 0) is 187 Å². The highest BCUT2D eigenvalue weighted by atomic mass is 16.7. The molecule has 8 aromatic rings. The summed E-state index contributed by atoms with van der Waals surface area (Å²) in [5.74, 6) is 2.40. The molecule has 394 valence electrons. The summed E-state index contributed by atoms with van der Waals surface area (Å²) in [5, 5.41) is 0. The van der Waals surface area contributed by atoms with Gasteiger partial charge in [-0.25, -0.2) is 0 Å². The monoisotopic (exact) mass is 1020 g/mol. The minimum absolute atomic E-state index is 0.178. The van der Waals surface area contributed by atoms with Crippen molar-refractivity contribution < 1.29 is 28.3 Å². The molecule has 0 bridgehead atoms. The molecule has 3 aliphatic heterocycles. The molecule has 0 radical (unpaired) electrons. The summed E-state index contributed by atoms with van der Waals surface area (Å²) in [7, 11) is -0.563. The van der Waals surface area contributed by atoms with Gasteiger partial charge >= 0.3 is 7.12 Å². The standard InChI is InChI=1S/C38H43BO4.C32H32O2/c1-26(2)29-24-33(32-22-30(27-15-9-7-10-16-27)21-31(23-32)28-17-11-8-12-18-28)36(41-35-19-13-14-20-40-35)34(25-29)39-42-37(3,4)38(5,6)43-39;1-23(2)26-16-17-31(34-32-15-9-10-18-33-32)30(22-26)29-20-27(24-11-5-3-6-12-24)19-28(21-29)25-13-7-4-8-14-25/h7-12,15-18,21-26,35H,13-14,19-20H2,1-6H3;3-8,11-14,16-17,19-23,32H,9-10,15,18H2,1-2H3. The summed E-state index contributed by atoms with van der Waals surface area (Å²) in [4.78, 5) is 0. The molecule has 11 rings (SSSR count). The van der Waals surface area contributed by atoms with E-state index in [-0.39, 0.29) is 12.6 Å². The summed E-state index contributed by atoms with van der Waals surface area (Å²) in [5.41, 5.74) is 16.4. The zero-order valence-electron chi connectivity index (χ0n) is 46.4. The highest BCUT2D eigenvalue weighted by Gasteiger charge is 2.53. The molecule has 3 fully saturated rings. The lowest BCUT2D eigenvalue weighted by atomic mass is 9.74. The average Bonchev–Trinajstić information content (AvgIpc) is 3.80. The second-order valence-electron chi connectivity index (χ2n) is 22.5. The van der Waals surface area contributed by atoms with Crippen molar-refractivity contribution in [3.8, 4) is 78.3 Å². The Morgan fingerprint density at radius 1 is 0.403 bits per heavy atom. The second-order valence-corrected chi connectivity index (χ2v) is 22.5. The number of ether oxygens (including phenoxy) is 4. The lowest BCUT2D eigenvalue weighted by molar-refractivity contribution is -0.105. The fraction of sp³-hybridized carbons (Fsp3) is 0.314. The molecule has 2 atom stereocenters. The zero-order chi connectivity index (χ0) is 53.5. The van der Waals surface area contributed by atoms with Crippen LogP contribution >= 0.6 is 0 Å². The molecule has 0 aromatic heterocycles. The van der Waals surface area contributed by atoms with Crippen LogP contribution in [0, 0.1) is 0 Å². The molecule has 0 aliphatic carbocycles. The third kappa shape index (κ3) is 12.7. The molecule has 0 N–H and O–H groups in total. The Kier molecular flexibility index (Phi) is 16.6. The van der Waals surface area contributed by atoms with E-state index in [0.29, 0.717) is 18.4 Å². The van der Waals surface area contributed by atoms with E-state index in [4.69, 9.17) is 28.3 Å². The van der Waals surface area contributed by atoms with Gasteiger partial charge in [-0.15, -0.1) is 0 Å². The third-order valence-electron chi connectivity index (χ3n) is 15.7. The molecule has 8 aromatic carbocycles. The maximum atomic E-state index is 6.86. The van der Waals surface area contributed by atoms with E-state index in [9.17, 15) is 0 Å². The van der Waals surface area contributed by atoms with E-state index < -0.39 is 18.3 Å². The summed E-state index contributed by atoms with van der Waals surface area (Å²) >= 11 is 0. The minimum Gasteiger partial charge on any atom is -0.465 e. The zero-order valence-corrected chi connectivity index (χ0v) is 46.4. The van der Waals surface area contributed by atoms with Gasteiger partial charge in [0.1, 0.15) is 11.5 Å². The van der Waals surface area contributed by atoms with Crippen LogP contribution in [-0.4, -0.2) is 44.1 Å². The maximum absolute atomic E-state index is 6.86. The van der Waals surface area contributed by atoms with Gasteiger partial charge in [0.2, 0.25) is 0 Å². The van der Waals surface area contributed by atoms with E-state index in [0.717, 1.165) is 95.5 Å². The number of hydrogen-bond donors (Lipinski definition) is 0. The lowest BCUT2D eigenvalue weighted by Crippen LogP contribution is -2.41. The first-order valence-corrected chi connectivity index (χ1v) is 28.0. The van der Waals surface area contributed by atoms with E-state index in [1.807, 2.05) is 0 Å². The van der Waals surface area contributed by atoms with Crippen LogP contribution in [0.1, 0.15) is 117 Å². The molecule has 0 saturated carbocycles. The fourth-order valence-corrected chi connectivity index (χ4v) is 10.4. The molecular weight excluding hydrogens is 948 g/mol. The van der Waals surface area contributed by atoms with Gasteiger partial charge in [0.05, 0.1) is 24.4 Å². The second kappa shape index (κ2) is 23.9. The van der Waals surface area contributed by atoms with Crippen LogP contribution in [0.5, 0.6) is 11.5 Å². The largest absolute Gasteiger partial charge is 0.498 e. The molecule has 3 saturated heterocycles. The van der Waals surface area contributed by atoms with Crippen molar-refractivity contribution in [2.24, 2.45) is 0 Å². The van der Waals surface area contributed by atoms with Gasteiger partial charge in [0.25, 0.3) is 0 Å². The lowest BCUT2D eigenvalue weighted by Gasteiger charge is -2.32. The van der Waals surface area contributed by atoms with Crippen LogP contribution in [0.25, 0.3) is 66.8 Å². The number of hydrogen-bond acceptors (Lipinski definition) is 6. The van der Waals surface area contributed by atoms with E-state index in [1.165, 1.54) is 44.5 Å². The van der Waals surface area contributed by atoms with Crippen molar-refractivity contribution in [3.63, 3.8) is 0 Å². The Labute approximate surface area is 458 Å². The quantitative estimate of drug-likeness (QED) is 0.107. The molecule has 0 amide bonds. The smallest absolute Gasteiger partial charge is 0.465 e. The van der Waals surface area contributed by atoms with E-state index in [1.54, 1.807) is 0 Å². The van der Waals surface area contributed by atoms with Crippen molar-refractivity contribution in [3.05, 3.63) is 199 Å². The molecule has 77 heavy (non-hydrogen) atoms. The summed E-state index contributed by atoms with van der Waals surface area (Å²) in [6.45, 7) is 18.8. The highest BCUT2D eigenvalue weighted by Crippen LogP contribution is 2.43. The van der Waals surface area contributed by atoms with E-state index in [2.05, 4.69) is 243 Å². The highest BCUT2D eigenvalue weighted by molar-refractivity contribution is 6.63. The SMILES string of the molecule is CC(C)c1cc(B2OC(C)(C)C(C)(C)O2)c(OC2CCCCO2)c(-c2cc(-c3ccccc3)cc(-c3ccccc3)c2)c1.CC(C)c1ccc(OC2CCCCO2)c(-c2cc(-c3ccccc3)cc(-c3ccccc3)c2)c1. The molecule has 0 spiro atoms. The fourth-order valence-electron chi connectivity index (χ4n) is 10.4. The van der Waals surface area contributed by atoms with Gasteiger partial charge in [0.15, 0.2) is 12.6 Å². The molecule has 2 unspecified atom stereocenters. The number of benzene rings is 8.